The second-order valence-corrected chi connectivity index (χ2v) is 8.14. The number of esters is 1. The summed E-state index contributed by atoms with van der Waals surface area (Å²) in [6.07, 6.45) is 1.31. The average Bonchev–Trinajstić information content (AvgIpc) is 3.14. The summed E-state index contributed by atoms with van der Waals surface area (Å²) in [4.78, 5) is 36.9. The number of rotatable bonds is 11. The standard InChI is InChI=1S/C27H29FN2O5/c1-18-15-22(19(2)30(18)21-10-8-9-20(28)16-21)24(31)17-35-27(33)14-7-6-13-26(32)29-23-11-4-5-12-25(23)34-3/h4-5,8-12,15-16H,6-7,13-14,17H2,1-3H3,(H,29,32). The van der Waals surface area contributed by atoms with Crippen molar-refractivity contribution in [2.45, 2.75) is 39.5 Å². The van der Waals surface area contributed by atoms with Crippen molar-refractivity contribution in [2.24, 2.45) is 0 Å². The van der Waals surface area contributed by atoms with E-state index in [9.17, 15) is 18.8 Å². The fourth-order valence-corrected chi connectivity index (χ4v) is 3.87. The molecule has 0 saturated heterocycles. The minimum Gasteiger partial charge on any atom is -0.495 e. The quantitative estimate of drug-likeness (QED) is 0.233. The van der Waals surface area contributed by atoms with Gasteiger partial charge in [-0.05, 0) is 63.1 Å². The van der Waals surface area contributed by atoms with Crippen molar-refractivity contribution in [3.8, 4) is 11.4 Å². The lowest BCUT2D eigenvalue weighted by atomic mass is 10.1. The molecule has 0 aliphatic heterocycles. The van der Waals surface area contributed by atoms with Crippen molar-refractivity contribution < 1.29 is 28.2 Å². The Morgan fingerprint density at radius 3 is 2.46 bits per heavy atom. The number of unbranched alkanes of at least 4 members (excludes halogenated alkanes) is 1. The first kappa shape index (κ1) is 25.7. The number of carbonyl (C=O) groups is 3. The van der Waals surface area contributed by atoms with Crippen LogP contribution in [0.4, 0.5) is 10.1 Å². The molecule has 0 unspecified atom stereocenters. The molecule has 0 fully saturated rings. The highest BCUT2D eigenvalue weighted by Crippen LogP contribution is 2.24. The number of nitrogens with zero attached hydrogens (tertiary/aromatic N) is 1. The zero-order valence-corrected chi connectivity index (χ0v) is 20.1. The van der Waals surface area contributed by atoms with Gasteiger partial charge in [-0.2, -0.15) is 0 Å². The second-order valence-electron chi connectivity index (χ2n) is 8.14. The predicted octanol–water partition coefficient (Wildman–Crippen LogP) is 5.17. The van der Waals surface area contributed by atoms with E-state index in [4.69, 9.17) is 9.47 Å². The number of nitrogens with one attached hydrogen (secondary N) is 1. The fraction of sp³-hybridized carbons (Fsp3) is 0.296. The molecule has 8 heteroatoms. The maximum Gasteiger partial charge on any atom is 0.306 e. The maximum atomic E-state index is 13.6. The van der Waals surface area contributed by atoms with E-state index in [2.05, 4.69) is 5.32 Å². The number of ether oxygens (including phenoxy) is 2. The largest absolute Gasteiger partial charge is 0.495 e. The number of anilines is 1. The molecule has 0 aliphatic carbocycles. The number of ketones is 1. The molecular weight excluding hydrogens is 451 g/mol. The zero-order chi connectivity index (χ0) is 25.4. The van der Waals surface area contributed by atoms with Crippen LogP contribution >= 0.6 is 0 Å². The number of hydrogen-bond donors (Lipinski definition) is 1. The Bertz CT molecular complexity index is 1220. The number of halogens is 1. The first-order valence-electron chi connectivity index (χ1n) is 11.4. The van der Waals surface area contributed by atoms with Gasteiger partial charge in [0.25, 0.3) is 0 Å². The van der Waals surface area contributed by atoms with E-state index in [1.165, 1.54) is 19.2 Å². The molecule has 0 saturated carbocycles. The molecule has 0 aliphatic rings. The number of aryl methyl sites for hydroxylation is 1. The third-order valence-electron chi connectivity index (χ3n) is 5.58. The van der Waals surface area contributed by atoms with Gasteiger partial charge in [0.05, 0.1) is 12.8 Å². The van der Waals surface area contributed by atoms with E-state index in [1.54, 1.807) is 47.9 Å². The number of methoxy groups -OCH3 is 1. The second kappa shape index (κ2) is 12.0. The highest BCUT2D eigenvalue weighted by Gasteiger charge is 2.18. The lowest BCUT2D eigenvalue weighted by molar-refractivity contribution is -0.142. The van der Waals surface area contributed by atoms with Crippen LogP contribution < -0.4 is 10.1 Å². The summed E-state index contributed by atoms with van der Waals surface area (Å²) in [5.41, 5.74) is 3.05. The SMILES string of the molecule is COc1ccccc1NC(=O)CCCCC(=O)OCC(=O)c1cc(C)n(-c2cccc(F)c2)c1C. The van der Waals surface area contributed by atoms with Gasteiger partial charge in [-0.25, -0.2) is 4.39 Å². The highest BCUT2D eigenvalue weighted by atomic mass is 19.1. The number of para-hydroxylation sites is 2. The van der Waals surface area contributed by atoms with Crippen LogP contribution in [-0.4, -0.2) is 35.9 Å². The van der Waals surface area contributed by atoms with Crippen molar-refractivity contribution in [1.29, 1.82) is 0 Å². The van der Waals surface area contributed by atoms with Crippen LogP contribution in [0.25, 0.3) is 5.69 Å². The topological polar surface area (TPSA) is 86.6 Å². The third-order valence-corrected chi connectivity index (χ3v) is 5.58. The summed E-state index contributed by atoms with van der Waals surface area (Å²) in [5.74, 6) is -0.792. The maximum absolute atomic E-state index is 13.6. The number of benzene rings is 2. The molecule has 0 radical (unpaired) electrons. The van der Waals surface area contributed by atoms with Gasteiger partial charge >= 0.3 is 5.97 Å². The normalized spacial score (nSPS) is 10.6. The molecule has 0 bridgehead atoms. The summed E-state index contributed by atoms with van der Waals surface area (Å²) < 4.78 is 25.8. The van der Waals surface area contributed by atoms with E-state index < -0.39 is 5.97 Å². The van der Waals surface area contributed by atoms with Crippen molar-refractivity contribution in [3.63, 3.8) is 0 Å². The van der Waals surface area contributed by atoms with Crippen molar-refractivity contribution in [3.05, 3.63) is 77.4 Å². The lowest BCUT2D eigenvalue weighted by Gasteiger charge is -2.10. The molecule has 2 aromatic carbocycles. The van der Waals surface area contributed by atoms with Crippen LogP contribution in [0.1, 0.15) is 47.4 Å². The Labute approximate surface area is 203 Å². The average molecular weight is 481 g/mol. The van der Waals surface area contributed by atoms with Gasteiger partial charge in [-0.3, -0.25) is 14.4 Å². The molecule has 0 atom stereocenters. The molecule has 7 nitrogen and oxygen atoms in total. The van der Waals surface area contributed by atoms with Gasteiger partial charge < -0.3 is 19.4 Å². The molecule has 1 aromatic heterocycles. The Morgan fingerprint density at radius 2 is 1.71 bits per heavy atom. The molecule has 3 aromatic rings. The Balaban J connectivity index is 1.43. The minimum atomic E-state index is -0.498. The Kier molecular flexibility index (Phi) is 8.78. The third kappa shape index (κ3) is 6.79. The van der Waals surface area contributed by atoms with Crippen molar-refractivity contribution in [1.82, 2.24) is 4.57 Å². The number of carbonyl (C=O) groups excluding carboxylic acids is 3. The lowest BCUT2D eigenvalue weighted by Crippen LogP contribution is -2.15. The fourth-order valence-electron chi connectivity index (χ4n) is 3.87. The number of amides is 1. The van der Waals surface area contributed by atoms with Crippen LogP contribution in [0, 0.1) is 19.7 Å². The molecule has 1 N–H and O–H groups in total. The number of Topliss-reactive ketones (excluding diaryl/α,β-unsaturated/α-hetero) is 1. The van der Waals surface area contributed by atoms with Crippen LogP contribution in [0.2, 0.25) is 0 Å². The first-order valence-corrected chi connectivity index (χ1v) is 11.4. The van der Waals surface area contributed by atoms with Gasteiger partial charge in [-0.15, -0.1) is 0 Å². The van der Waals surface area contributed by atoms with Gasteiger partial charge in [-0.1, -0.05) is 18.2 Å². The van der Waals surface area contributed by atoms with Gasteiger partial charge in [0.2, 0.25) is 11.7 Å². The van der Waals surface area contributed by atoms with E-state index in [1.807, 2.05) is 13.0 Å². The van der Waals surface area contributed by atoms with Gasteiger partial charge in [0.1, 0.15) is 11.6 Å². The zero-order valence-electron chi connectivity index (χ0n) is 20.1. The van der Waals surface area contributed by atoms with E-state index in [0.29, 0.717) is 41.2 Å². The van der Waals surface area contributed by atoms with E-state index in [0.717, 1.165) is 5.69 Å². The van der Waals surface area contributed by atoms with Crippen LogP contribution in [-0.2, 0) is 14.3 Å². The predicted molar refractivity (Wildman–Crippen MR) is 131 cm³/mol. The molecule has 1 heterocycles. The monoisotopic (exact) mass is 480 g/mol. The summed E-state index contributed by atoms with van der Waals surface area (Å²) in [6, 6.07) is 14.9. The van der Waals surface area contributed by atoms with Crippen LogP contribution in [0.5, 0.6) is 5.75 Å². The summed E-state index contributed by atoms with van der Waals surface area (Å²) >= 11 is 0. The van der Waals surface area contributed by atoms with Crippen LogP contribution in [0.3, 0.4) is 0 Å². The molecular formula is C27H29FN2O5. The van der Waals surface area contributed by atoms with E-state index >= 15 is 0 Å². The van der Waals surface area contributed by atoms with E-state index in [-0.39, 0.29) is 37.0 Å². The highest BCUT2D eigenvalue weighted by molar-refractivity contribution is 5.99. The molecule has 3 rings (SSSR count). The van der Waals surface area contributed by atoms with Crippen molar-refractivity contribution >= 4 is 23.3 Å². The molecule has 0 spiro atoms. The summed E-state index contributed by atoms with van der Waals surface area (Å²) in [5, 5.41) is 2.79. The minimum absolute atomic E-state index is 0.109. The Hall–Kier alpha value is -3.94. The molecule has 184 valence electrons. The van der Waals surface area contributed by atoms with Crippen LogP contribution in [0.15, 0.2) is 54.6 Å². The van der Waals surface area contributed by atoms with Gasteiger partial charge in [0.15, 0.2) is 6.61 Å². The Morgan fingerprint density at radius 1 is 0.971 bits per heavy atom. The van der Waals surface area contributed by atoms with Crippen molar-refractivity contribution in [2.75, 3.05) is 19.0 Å². The molecule has 35 heavy (non-hydrogen) atoms. The first-order chi connectivity index (χ1) is 16.8. The summed E-state index contributed by atoms with van der Waals surface area (Å²) in [7, 11) is 1.53. The summed E-state index contributed by atoms with van der Waals surface area (Å²) in [6.45, 7) is 3.22. The number of aromatic nitrogens is 1. The molecule has 1 amide bonds. The smallest absolute Gasteiger partial charge is 0.306 e. The van der Waals surface area contributed by atoms with Gasteiger partial charge in [0, 0.05) is 35.5 Å². The number of hydrogen-bond acceptors (Lipinski definition) is 5.